The van der Waals surface area contributed by atoms with Crippen LogP contribution in [-0.4, -0.2) is 24.0 Å². The number of carbonyl (C=O) groups is 1. The third-order valence-electron chi connectivity index (χ3n) is 2.95. The van der Waals surface area contributed by atoms with Gasteiger partial charge in [-0.15, -0.1) is 0 Å². The first kappa shape index (κ1) is 13.1. The van der Waals surface area contributed by atoms with Crippen molar-refractivity contribution in [2.75, 3.05) is 6.61 Å². The third kappa shape index (κ3) is 4.13. The highest BCUT2D eigenvalue weighted by molar-refractivity contribution is 5.70. The van der Waals surface area contributed by atoms with Crippen molar-refractivity contribution in [2.24, 2.45) is 0 Å². The van der Waals surface area contributed by atoms with Crippen molar-refractivity contribution in [1.82, 2.24) is 0 Å². The number of ether oxygens (including phenoxy) is 2. The molecule has 1 heterocycles. The van der Waals surface area contributed by atoms with Gasteiger partial charge >= 0.3 is 5.97 Å². The summed E-state index contributed by atoms with van der Waals surface area (Å²) < 4.78 is 11.1. The Morgan fingerprint density at radius 3 is 2.61 bits per heavy atom. The molecule has 1 aliphatic rings. The molecule has 1 aromatic carbocycles. The summed E-state index contributed by atoms with van der Waals surface area (Å²) in [5, 5.41) is 8.67. The highest BCUT2D eigenvalue weighted by Crippen LogP contribution is 2.16. The Bertz CT molecular complexity index is 379. The molecule has 18 heavy (non-hydrogen) atoms. The van der Waals surface area contributed by atoms with Crippen LogP contribution in [0.5, 0.6) is 0 Å². The van der Waals surface area contributed by atoms with E-state index < -0.39 is 5.97 Å². The van der Waals surface area contributed by atoms with Crippen LogP contribution in [-0.2, 0) is 27.3 Å². The molecule has 4 nitrogen and oxygen atoms in total. The Hall–Kier alpha value is -1.39. The number of rotatable bonds is 5. The largest absolute Gasteiger partial charge is 0.481 e. The van der Waals surface area contributed by atoms with E-state index in [2.05, 4.69) is 0 Å². The van der Waals surface area contributed by atoms with Gasteiger partial charge < -0.3 is 14.6 Å². The molecular formula is C14H18O4. The molecule has 1 fully saturated rings. The quantitative estimate of drug-likeness (QED) is 0.871. The van der Waals surface area contributed by atoms with Gasteiger partial charge in [0, 0.05) is 6.61 Å². The molecule has 1 atom stereocenters. The molecule has 1 saturated heterocycles. The van der Waals surface area contributed by atoms with E-state index in [-0.39, 0.29) is 12.7 Å². The number of carboxylic acid groups (broad SMARTS) is 1. The first-order valence-electron chi connectivity index (χ1n) is 6.27. The van der Waals surface area contributed by atoms with Gasteiger partial charge in [0.25, 0.3) is 0 Å². The van der Waals surface area contributed by atoms with Crippen LogP contribution < -0.4 is 0 Å². The number of hydrogen-bond acceptors (Lipinski definition) is 3. The van der Waals surface area contributed by atoms with Gasteiger partial charge in [-0.2, -0.15) is 0 Å². The fourth-order valence-electron chi connectivity index (χ4n) is 1.96. The second-order valence-corrected chi connectivity index (χ2v) is 4.49. The lowest BCUT2D eigenvalue weighted by Crippen LogP contribution is -2.21. The zero-order valence-electron chi connectivity index (χ0n) is 10.3. The van der Waals surface area contributed by atoms with Crippen LogP contribution in [0.1, 0.15) is 30.4 Å². The lowest BCUT2D eigenvalue weighted by Gasteiger charge is -2.22. The topological polar surface area (TPSA) is 55.8 Å². The molecule has 0 saturated carbocycles. The fourth-order valence-corrected chi connectivity index (χ4v) is 1.96. The minimum absolute atomic E-state index is 0.0624. The van der Waals surface area contributed by atoms with Gasteiger partial charge in [-0.25, -0.2) is 0 Å². The molecule has 1 aliphatic heterocycles. The van der Waals surface area contributed by atoms with E-state index >= 15 is 0 Å². The molecule has 0 spiro atoms. The van der Waals surface area contributed by atoms with Crippen LogP contribution in [0.25, 0.3) is 0 Å². The average Bonchev–Trinajstić information content (AvgIpc) is 2.38. The first-order chi connectivity index (χ1) is 8.74. The van der Waals surface area contributed by atoms with Gasteiger partial charge in [-0.05, 0) is 30.4 Å². The molecular weight excluding hydrogens is 232 g/mol. The van der Waals surface area contributed by atoms with E-state index in [9.17, 15) is 4.79 Å². The van der Waals surface area contributed by atoms with Crippen LogP contribution in [0, 0.1) is 0 Å². The Kier molecular flexibility index (Phi) is 4.73. The zero-order chi connectivity index (χ0) is 12.8. The summed E-state index contributed by atoms with van der Waals surface area (Å²) >= 11 is 0. The highest BCUT2D eigenvalue weighted by atomic mass is 16.7. The summed E-state index contributed by atoms with van der Waals surface area (Å²) in [6.07, 6.45) is 3.20. The van der Waals surface area contributed by atoms with E-state index in [1.54, 1.807) is 0 Å². The molecule has 1 unspecified atom stereocenters. The monoisotopic (exact) mass is 250 g/mol. The molecule has 0 radical (unpaired) electrons. The van der Waals surface area contributed by atoms with E-state index in [0.717, 1.165) is 37.0 Å². The van der Waals surface area contributed by atoms with Crippen LogP contribution >= 0.6 is 0 Å². The number of benzene rings is 1. The van der Waals surface area contributed by atoms with E-state index in [1.165, 1.54) is 0 Å². The summed E-state index contributed by atoms with van der Waals surface area (Å²) in [6, 6.07) is 7.46. The second kappa shape index (κ2) is 6.52. The van der Waals surface area contributed by atoms with Gasteiger partial charge in [0.1, 0.15) is 0 Å². The van der Waals surface area contributed by atoms with Crippen LogP contribution in [0.2, 0.25) is 0 Å². The predicted octanol–water partition coefficient (Wildman–Crippen LogP) is 2.36. The zero-order valence-corrected chi connectivity index (χ0v) is 10.3. The highest BCUT2D eigenvalue weighted by Gasteiger charge is 2.13. The average molecular weight is 250 g/mol. The summed E-state index contributed by atoms with van der Waals surface area (Å²) in [6.45, 7) is 1.29. The van der Waals surface area contributed by atoms with Gasteiger partial charge in [0.15, 0.2) is 6.29 Å². The second-order valence-electron chi connectivity index (χ2n) is 4.49. The molecule has 98 valence electrons. The van der Waals surface area contributed by atoms with Crippen LogP contribution in [0.15, 0.2) is 24.3 Å². The van der Waals surface area contributed by atoms with Gasteiger partial charge in [0.2, 0.25) is 0 Å². The number of hydrogen-bond donors (Lipinski definition) is 1. The van der Waals surface area contributed by atoms with Crippen molar-refractivity contribution < 1.29 is 19.4 Å². The van der Waals surface area contributed by atoms with Crippen molar-refractivity contribution in [1.29, 1.82) is 0 Å². The molecule has 1 aromatic rings. The SMILES string of the molecule is O=C(O)Cc1ccc(COC2CCCCO2)cc1. The fraction of sp³-hybridized carbons (Fsp3) is 0.500. The lowest BCUT2D eigenvalue weighted by molar-refractivity contribution is -0.168. The molecule has 0 amide bonds. The summed E-state index contributed by atoms with van der Waals surface area (Å²) in [4.78, 5) is 10.5. The van der Waals surface area contributed by atoms with Gasteiger partial charge in [-0.1, -0.05) is 24.3 Å². The number of carboxylic acids is 1. The molecule has 2 rings (SSSR count). The van der Waals surface area contributed by atoms with Crippen molar-refractivity contribution in [3.8, 4) is 0 Å². The van der Waals surface area contributed by atoms with Crippen molar-refractivity contribution in [3.63, 3.8) is 0 Å². The van der Waals surface area contributed by atoms with Gasteiger partial charge in [0.05, 0.1) is 13.0 Å². The van der Waals surface area contributed by atoms with E-state index in [4.69, 9.17) is 14.6 Å². The summed E-state index contributed by atoms with van der Waals surface area (Å²) in [5.41, 5.74) is 1.85. The first-order valence-corrected chi connectivity index (χ1v) is 6.27. The van der Waals surface area contributed by atoms with Crippen molar-refractivity contribution in [3.05, 3.63) is 35.4 Å². The molecule has 0 aliphatic carbocycles. The van der Waals surface area contributed by atoms with E-state index in [0.29, 0.717) is 6.61 Å². The standard InChI is InChI=1S/C14H18O4/c15-13(16)9-11-4-6-12(7-5-11)10-18-14-3-1-2-8-17-14/h4-7,14H,1-3,8-10H2,(H,15,16). The normalized spacial score (nSPS) is 19.7. The van der Waals surface area contributed by atoms with Crippen LogP contribution in [0.3, 0.4) is 0 Å². The third-order valence-corrected chi connectivity index (χ3v) is 2.95. The Morgan fingerprint density at radius 1 is 1.28 bits per heavy atom. The molecule has 1 N–H and O–H groups in total. The van der Waals surface area contributed by atoms with Gasteiger partial charge in [-0.3, -0.25) is 4.79 Å². The summed E-state index contributed by atoms with van der Waals surface area (Å²) in [5.74, 6) is -0.811. The minimum Gasteiger partial charge on any atom is -0.481 e. The Balaban J connectivity index is 1.80. The molecule has 0 aromatic heterocycles. The van der Waals surface area contributed by atoms with E-state index in [1.807, 2.05) is 24.3 Å². The predicted molar refractivity (Wildman–Crippen MR) is 66.2 cm³/mol. The molecule has 4 heteroatoms. The summed E-state index contributed by atoms with van der Waals surface area (Å²) in [7, 11) is 0. The molecule has 0 bridgehead atoms. The maximum atomic E-state index is 10.5. The van der Waals surface area contributed by atoms with Crippen molar-refractivity contribution in [2.45, 2.75) is 38.6 Å². The van der Waals surface area contributed by atoms with Crippen molar-refractivity contribution >= 4 is 5.97 Å². The Labute approximate surface area is 107 Å². The number of aliphatic carboxylic acids is 1. The minimum atomic E-state index is -0.811. The lowest BCUT2D eigenvalue weighted by atomic mass is 10.1. The maximum absolute atomic E-state index is 10.5. The smallest absolute Gasteiger partial charge is 0.307 e. The van der Waals surface area contributed by atoms with Crippen LogP contribution in [0.4, 0.5) is 0 Å². The maximum Gasteiger partial charge on any atom is 0.307 e. The Morgan fingerprint density at radius 2 is 2.00 bits per heavy atom.